The molecule has 0 aromatic heterocycles. The van der Waals surface area contributed by atoms with Crippen LogP contribution in [0.1, 0.15) is 30.0 Å². The first-order chi connectivity index (χ1) is 10.3. The van der Waals surface area contributed by atoms with E-state index in [1.54, 1.807) is 6.08 Å². The molecule has 0 aliphatic rings. The summed E-state index contributed by atoms with van der Waals surface area (Å²) in [4.78, 5) is 0. The number of halogens is 3. The maximum absolute atomic E-state index is 12.5. The molecule has 0 aliphatic heterocycles. The SMILES string of the molecule is CC/C(=C\c1ccc(C(F)(F)F)cc1)c1cc(O)cc(O)c1. The number of phenols is 2. The Balaban J connectivity index is 2.36. The van der Waals surface area contributed by atoms with Crippen molar-refractivity contribution in [3.63, 3.8) is 0 Å². The fraction of sp³-hybridized carbons (Fsp3) is 0.176. The van der Waals surface area contributed by atoms with E-state index >= 15 is 0 Å². The van der Waals surface area contributed by atoms with Gasteiger partial charge in [-0.15, -0.1) is 0 Å². The minimum atomic E-state index is -4.35. The van der Waals surface area contributed by atoms with Crippen LogP contribution in [0.2, 0.25) is 0 Å². The number of benzene rings is 2. The Morgan fingerprint density at radius 1 is 1.00 bits per heavy atom. The van der Waals surface area contributed by atoms with Gasteiger partial charge in [-0.1, -0.05) is 25.1 Å². The van der Waals surface area contributed by atoms with Crippen LogP contribution in [0.5, 0.6) is 11.5 Å². The standard InChI is InChI=1S/C17H15F3O2/c1-2-12(13-8-15(21)10-16(22)9-13)7-11-3-5-14(6-4-11)17(18,19)20/h3-10,21-22H,2H2,1H3/b12-7+. The maximum atomic E-state index is 12.5. The third-order valence-corrected chi connectivity index (χ3v) is 3.23. The number of allylic oxidation sites excluding steroid dienone is 1. The van der Waals surface area contributed by atoms with Crippen molar-refractivity contribution in [3.8, 4) is 11.5 Å². The van der Waals surface area contributed by atoms with Gasteiger partial charge >= 0.3 is 6.18 Å². The van der Waals surface area contributed by atoms with E-state index in [0.717, 1.165) is 17.7 Å². The Kier molecular flexibility index (Phi) is 4.45. The summed E-state index contributed by atoms with van der Waals surface area (Å²) < 4.78 is 37.6. The Labute approximate surface area is 126 Å². The molecule has 2 rings (SSSR count). The van der Waals surface area contributed by atoms with Crippen LogP contribution in [0.15, 0.2) is 42.5 Å². The van der Waals surface area contributed by atoms with Crippen LogP contribution >= 0.6 is 0 Å². The molecule has 0 saturated heterocycles. The molecule has 0 unspecified atom stereocenters. The number of aromatic hydroxyl groups is 2. The van der Waals surface area contributed by atoms with Crippen molar-refractivity contribution in [2.45, 2.75) is 19.5 Å². The Hall–Kier alpha value is -2.43. The highest BCUT2D eigenvalue weighted by Gasteiger charge is 2.29. The monoisotopic (exact) mass is 308 g/mol. The van der Waals surface area contributed by atoms with Gasteiger partial charge in [-0.25, -0.2) is 0 Å². The molecular formula is C17H15F3O2. The van der Waals surface area contributed by atoms with E-state index in [4.69, 9.17) is 0 Å². The summed E-state index contributed by atoms with van der Waals surface area (Å²) in [5, 5.41) is 19.0. The molecule has 0 amide bonds. The highest BCUT2D eigenvalue weighted by molar-refractivity contribution is 5.82. The lowest BCUT2D eigenvalue weighted by atomic mass is 9.99. The minimum absolute atomic E-state index is 0.0678. The molecule has 0 atom stereocenters. The zero-order chi connectivity index (χ0) is 16.3. The van der Waals surface area contributed by atoms with Crippen LogP contribution < -0.4 is 0 Å². The van der Waals surface area contributed by atoms with Gasteiger partial charge in [0.1, 0.15) is 11.5 Å². The van der Waals surface area contributed by atoms with E-state index in [-0.39, 0.29) is 11.5 Å². The predicted octanol–water partition coefficient (Wildman–Crippen LogP) is 5.07. The van der Waals surface area contributed by atoms with E-state index in [9.17, 15) is 23.4 Å². The summed E-state index contributed by atoms with van der Waals surface area (Å²) in [7, 11) is 0. The Morgan fingerprint density at radius 2 is 1.55 bits per heavy atom. The summed E-state index contributed by atoms with van der Waals surface area (Å²) in [5.74, 6) is -0.136. The highest BCUT2D eigenvalue weighted by Crippen LogP contribution is 2.31. The third-order valence-electron chi connectivity index (χ3n) is 3.23. The Morgan fingerprint density at radius 3 is 2.00 bits per heavy atom. The number of hydrogen-bond donors (Lipinski definition) is 2. The molecule has 116 valence electrons. The van der Waals surface area contributed by atoms with Crippen molar-refractivity contribution in [1.82, 2.24) is 0 Å². The molecule has 0 fully saturated rings. The molecule has 2 aromatic rings. The molecule has 0 aliphatic carbocycles. The van der Waals surface area contributed by atoms with Crippen LogP contribution in [0.25, 0.3) is 11.6 Å². The summed E-state index contributed by atoms with van der Waals surface area (Å²) in [6.07, 6.45) is -2.02. The van der Waals surface area contributed by atoms with Gasteiger partial charge in [0, 0.05) is 6.07 Å². The van der Waals surface area contributed by atoms with E-state index in [1.165, 1.54) is 30.3 Å². The topological polar surface area (TPSA) is 40.5 Å². The fourth-order valence-corrected chi connectivity index (χ4v) is 2.14. The van der Waals surface area contributed by atoms with E-state index in [2.05, 4.69) is 0 Å². The first-order valence-electron chi connectivity index (χ1n) is 6.71. The number of rotatable bonds is 3. The van der Waals surface area contributed by atoms with Crippen LogP contribution in [0, 0.1) is 0 Å². The zero-order valence-corrected chi connectivity index (χ0v) is 11.9. The molecular weight excluding hydrogens is 293 g/mol. The molecule has 2 N–H and O–H groups in total. The summed E-state index contributed by atoms with van der Waals surface area (Å²) in [6, 6.07) is 9.05. The summed E-state index contributed by atoms with van der Waals surface area (Å²) >= 11 is 0. The van der Waals surface area contributed by atoms with Gasteiger partial charge in [0.2, 0.25) is 0 Å². The summed E-state index contributed by atoms with van der Waals surface area (Å²) in [5.41, 5.74) is 1.34. The van der Waals surface area contributed by atoms with Crippen LogP contribution in [-0.2, 0) is 6.18 Å². The molecule has 0 bridgehead atoms. The van der Waals surface area contributed by atoms with E-state index < -0.39 is 11.7 Å². The molecule has 0 radical (unpaired) electrons. The molecule has 0 saturated carbocycles. The van der Waals surface area contributed by atoms with Crippen molar-refractivity contribution in [3.05, 3.63) is 59.2 Å². The molecule has 5 heteroatoms. The lowest BCUT2D eigenvalue weighted by molar-refractivity contribution is -0.137. The first-order valence-corrected chi connectivity index (χ1v) is 6.71. The van der Waals surface area contributed by atoms with Gasteiger partial charge in [0.15, 0.2) is 0 Å². The number of alkyl halides is 3. The second kappa shape index (κ2) is 6.13. The summed E-state index contributed by atoms with van der Waals surface area (Å²) in [6.45, 7) is 1.89. The molecule has 0 spiro atoms. The van der Waals surface area contributed by atoms with Crippen molar-refractivity contribution in [2.24, 2.45) is 0 Å². The van der Waals surface area contributed by atoms with Crippen LogP contribution in [-0.4, -0.2) is 10.2 Å². The predicted molar refractivity (Wildman–Crippen MR) is 79.4 cm³/mol. The van der Waals surface area contributed by atoms with Gasteiger partial charge in [-0.3, -0.25) is 0 Å². The third kappa shape index (κ3) is 3.81. The van der Waals surface area contributed by atoms with E-state index in [1.807, 2.05) is 6.92 Å². The van der Waals surface area contributed by atoms with Gasteiger partial charge < -0.3 is 10.2 Å². The van der Waals surface area contributed by atoms with Crippen molar-refractivity contribution in [2.75, 3.05) is 0 Å². The van der Waals surface area contributed by atoms with Crippen molar-refractivity contribution in [1.29, 1.82) is 0 Å². The molecule has 22 heavy (non-hydrogen) atoms. The quantitative estimate of drug-likeness (QED) is 0.777. The van der Waals surface area contributed by atoms with Crippen molar-refractivity contribution < 1.29 is 23.4 Å². The maximum Gasteiger partial charge on any atom is 0.416 e. The average molecular weight is 308 g/mol. The average Bonchev–Trinajstić information content (AvgIpc) is 2.43. The first kappa shape index (κ1) is 15.9. The molecule has 2 nitrogen and oxygen atoms in total. The zero-order valence-electron chi connectivity index (χ0n) is 11.9. The number of phenolic OH excluding ortho intramolecular Hbond substituents is 2. The van der Waals surface area contributed by atoms with Gasteiger partial charge in [-0.2, -0.15) is 13.2 Å². The van der Waals surface area contributed by atoms with Gasteiger partial charge in [0.05, 0.1) is 5.56 Å². The molecule has 0 heterocycles. The lowest BCUT2D eigenvalue weighted by Crippen LogP contribution is -2.04. The van der Waals surface area contributed by atoms with Gasteiger partial charge in [0.25, 0.3) is 0 Å². The van der Waals surface area contributed by atoms with Gasteiger partial charge in [-0.05, 0) is 47.4 Å². The minimum Gasteiger partial charge on any atom is -0.508 e. The highest BCUT2D eigenvalue weighted by atomic mass is 19.4. The number of hydrogen-bond acceptors (Lipinski definition) is 2. The Bertz CT molecular complexity index is 666. The van der Waals surface area contributed by atoms with Crippen molar-refractivity contribution >= 4 is 11.6 Å². The lowest BCUT2D eigenvalue weighted by Gasteiger charge is -2.09. The van der Waals surface area contributed by atoms with Crippen LogP contribution in [0.3, 0.4) is 0 Å². The fourth-order valence-electron chi connectivity index (χ4n) is 2.14. The van der Waals surface area contributed by atoms with E-state index in [0.29, 0.717) is 17.5 Å². The largest absolute Gasteiger partial charge is 0.508 e. The normalized spacial score (nSPS) is 12.5. The smallest absolute Gasteiger partial charge is 0.416 e. The van der Waals surface area contributed by atoms with Crippen LogP contribution in [0.4, 0.5) is 13.2 Å². The second-order valence-corrected chi connectivity index (χ2v) is 4.88. The second-order valence-electron chi connectivity index (χ2n) is 4.88. The molecule has 2 aromatic carbocycles.